The van der Waals surface area contributed by atoms with E-state index in [2.05, 4.69) is 10.3 Å². The van der Waals surface area contributed by atoms with Crippen LogP contribution in [-0.4, -0.2) is 31.1 Å². The normalized spacial score (nSPS) is 21.6. The number of nitrogens with zero attached hydrogens (tertiary/aromatic N) is 1. The molecule has 1 amide bonds. The second kappa shape index (κ2) is 4.55. The van der Waals surface area contributed by atoms with Crippen LogP contribution < -0.4 is 11.1 Å². The van der Waals surface area contributed by atoms with Crippen molar-refractivity contribution in [1.29, 1.82) is 0 Å². The molecule has 2 heterocycles. The average Bonchev–Trinajstić information content (AvgIpc) is 2.85. The average molecular weight is 273 g/mol. The van der Waals surface area contributed by atoms with Crippen molar-refractivity contribution in [3.8, 4) is 0 Å². The molecule has 0 fully saturated rings. The first-order valence-corrected chi connectivity index (χ1v) is 7.46. The number of thiazole rings is 1. The summed E-state index contributed by atoms with van der Waals surface area (Å²) in [5.74, 6) is -0.472. The number of hydrogen-bond acceptors (Lipinski definition) is 6. The molecule has 0 bridgehead atoms. The highest BCUT2D eigenvalue weighted by Gasteiger charge is 2.24. The van der Waals surface area contributed by atoms with Crippen molar-refractivity contribution in [3.63, 3.8) is 0 Å². The first kappa shape index (κ1) is 12.2. The van der Waals surface area contributed by atoms with Gasteiger partial charge in [0.15, 0.2) is 9.84 Å². The lowest BCUT2D eigenvalue weighted by Gasteiger charge is -2.07. The summed E-state index contributed by atoms with van der Waals surface area (Å²) in [6.07, 6.45) is 1.46. The van der Waals surface area contributed by atoms with Crippen molar-refractivity contribution in [2.45, 2.75) is 12.6 Å². The van der Waals surface area contributed by atoms with Crippen LogP contribution in [0.25, 0.3) is 0 Å². The van der Waals surface area contributed by atoms with E-state index >= 15 is 0 Å². The lowest BCUT2D eigenvalue weighted by atomic mass is 10.3. The zero-order valence-corrected chi connectivity index (χ0v) is 10.4. The van der Waals surface area contributed by atoms with Crippen LogP contribution in [0.1, 0.15) is 15.5 Å². The summed E-state index contributed by atoms with van der Waals surface area (Å²) in [6.45, 7) is 0.287. The lowest BCUT2D eigenvalue weighted by Crippen LogP contribution is -2.35. The molecule has 0 radical (unpaired) electrons. The smallest absolute Gasteiger partial charge is 0.271 e. The third kappa shape index (κ3) is 2.90. The summed E-state index contributed by atoms with van der Waals surface area (Å²) >= 11 is 1.30. The van der Waals surface area contributed by atoms with Crippen LogP contribution in [-0.2, 0) is 16.4 Å². The van der Waals surface area contributed by atoms with E-state index < -0.39 is 15.9 Å². The molecule has 1 unspecified atom stereocenters. The SMILES string of the molecule is NCc1nc(C(=O)NC2C=CS(=O)(=O)C2)cs1. The molecule has 92 valence electrons. The fourth-order valence-corrected chi connectivity index (χ4v) is 3.31. The van der Waals surface area contributed by atoms with Gasteiger partial charge >= 0.3 is 0 Å². The minimum atomic E-state index is -3.16. The highest BCUT2D eigenvalue weighted by Crippen LogP contribution is 2.11. The summed E-state index contributed by atoms with van der Waals surface area (Å²) < 4.78 is 22.3. The van der Waals surface area contributed by atoms with Crippen molar-refractivity contribution >= 4 is 27.1 Å². The quantitative estimate of drug-likeness (QED) is 0.783. The molecule has 0 saturated heterocycles. The standard InChI is InChI=1S/C9H11N3O3S2/c10-3-8-12-7(4-16-8)9(13)11-6-1-2-17(14,15)5-6/h1-2,4,6H,3,5,10H2,(H,11,13). The zero-order chi connectivity index (χ0) is 12.5. The van der Waals surface area contributed by atoms with Crippen LogP contribution in [0.3, 0.4) is 0 Å². The first-order chi connectivity index (χ1) is 8.00. The van der Waals surface area contributed by atoms with E-state index in [-0.39, 0.29) is 23.9 Å². The maximum atomic E-state index is 11.7. The minimum absolute atomic E-state index is 0.0907. The van der Waals surface area contributed by atoms with Gasteiger partial charge in [-0.2, -0.15) is 0 Å². The monoisotopic (exact) mass is 273 g/mol. The Hall–Kier alpha value is -1.25. The molecule has 3 N–H and O–H groups in total. The van der Waals surface area contributed by atoms with Gasteiger partial charge in [-0.05, 0) is 6.08 Å². The number of nitrogens with two attached hydrogens (primary N) is 1. The van der Waals surface area contributed by atoms with Gasteiger partial charge in [0.25, 0.3) is 5.91 Å². The summed E-state index contributed by atoms with van der Waals surface area (Å²) in [6, 6.07) is -0.476. The van der Waals surface area contributed by atoms with Gasteiger partial charge in [-0.3, -0.25) is 4.79 Å². The number of amides is 1. The van der Waals surface area contributed by atoms with Crippen LogP contribution in [0.15, 0.2) is 16.9 Å². The van der Waals surface area contributed by atoms with E-state index in [1.807, 2.05) is 0 Å². The summed E-state index contributed by atoms with van der Waals surface area (Å²) in [4.78, 5) is 15.7. The van der Waals surface area contributed by atoms with Gasteiger partial charge in [0.05, 0.1) is 11.8 Å². The maximum absolute atomic E-state index is 11.7. The van der Waals surface area contributed by atoms with E-state index in [0.717, 1.165) is 5.41 Å². The Bertz CT molecular complexity index is 562. The van der Waals surface area contributed by atoms with Gasteiger partial charge in [0.2, 0.25) is 0 Å². The molecule has 1 atom stereocenters. The van der Waals surface area contributed by atoms with E-state index in [1.165, 1.54) is 17.4 Å². The molecule has 0 aliphatic carbocycles. The fraction of sp³-hybridized carbons (Fsp3) is 0.333. The van der Waals surface area contributed by atoms with Gasteiger partial charge in [-0.25, -0.2) is 13.4 Å². The molecule has 1 aromatic heterocycles. The first-order valence-electron chi connectivity index (χ1n) is 4.86. The third-order valence-electron chi connectivity index (χ3n) is 2.21. The van der Waals surface area contributed by atoms with Crippen LogP contribution in [0.2, 0.25) is 0 Å². The highest BCUT2D eigenvalue weighted by atomic mass is 32.2. The van der Waals surface area contributed by atoms with E-state index in [4.69, 9.17) is 5.73 Å². The predicted molar refractivity (Wildman–Crippen MR) is 64.2 cm³/mol. The number of hydrogen-bond donors (Lipinski definition) is 2. The Labute approximate surface area is 102 Å². The van der Waals surface area contributed by atoms with E-state index in [9.17, 15) is 13.2 Å². The Morgan fingerprint density at radius 2 is 2.41 bits per heavy atom. The number of carbonyl (C=O) groups is 1. The number of carbonyl (C=O) groups excluding carboxylic acids is 1. The minimum Gasteiger partial charge on any atom is -0.343 e. The number of nitrogens with one attached hydrogen (secondary N) is 1. The molecule has 0 saturated carbocycles. The largest absolute Gasteiger partial charge is 0.343 e. The molecule has 1 aliphatic heterocycles. The topological polar surface area (TPSA) is 102 Å². The van der Waals surface area contributed by atoms with Crippen LogP contribution >= 0.6 is 11.3 Å². The summed E-state index contributed by atoms with van der Waals surface area (Å²) in [7, 11) is -3.16. The molecule has 17 heavy (non-hydrogen) atoms. The molecule has 0 aromatic carbocycles. The van der Waals surface area contributed by atoms with Gasteiger partial charge in [-0.15, -0.1) is 11.3 Å². The third-order valence-corrected chi connectivity index (χ3v) is 4.47. The Balaban J connectivity index is 2.01. The van der Waals surface area contributed by atoms with Crippen LogP contribution in [0.4, 0.5) is 0 Å². The molecule has 0 spiro atoms. The summed E-state index contributed by atoms with van der Waals surface area (Å²) in [5, 5.41) is 5.97. The molecule has 6 nitrogen and oxygen atoms in total. The molecule has 1 aliphatic rings. The van der Waals surface area contributed by atoms with Gasteiger partial charge in [0, 0.05) is 17.3 Å². The fourth-order valence-electron chi connectivity index (χ4n) is 1.42. The number of aromatic nitrogens is 1. The van der Waals surface area contributed by atoms with Crippen molar-refractivity contribution in [2.75, 3.05) is 5.75 Å². The van der Waals surface area contributed by atoms with Crippen molar-refractivity contribution < 1.29 is 13.2 Å². The van der Waals surface area contributed by atoms with Crippen molar-refractivity contribution in [3.05, 3.63) is 27.6 Å². The second-order valence-corrected chi connectivity index (χ2v) is 6.44. The Morgan fingerprint density at radius 1 is 1.65 bits per heavy atom. The van der Waals surface area contributed by atoms with E-state index in [1.54, 1.807) is 5.38 Å². The second-order valence-electron chi connectivity index (χ2n) is 3.57. The molecular weight excluding hydrogens is 262 g/mol. The lowest BCUT2D eigenvalue weighted by molar-refractivity contribution is 0.0943. The maximum Gasteiger partial charge on any atom is 0.271 e. The zero-order valence-electron chi connectivity index (χ0n) is 8.79. The Morgan fingerprint density at radius 3 is 2.94 bits per heavy atom. The van der Waals surface area contributed by atoms with Gasteiger partial charge in [-0.1, -0.05) is 0 Å². The molecular formula is C9H11N3O3S2. The summed E-state index contributed by atoms with van der Waals surface area (Å²) in [5.41, 5.74) is 5.66. The molecule has 8 heteroatoms. The number of sulfone groups is 1. The van der Waals surface area contributed by atoms with Crippen LogP contribution in [0.5, 0.6) is 0 Å². The molecule has 1 aromatic rings. The van der Waals surface area contributed by atoms with Gasteiger partial charge in [0.1, 0.15) is 10.7 Å². The number of rotatable bonds is 3. The Kier molecular flexibility index (Phi) is 3.27. The van der Waals surface area contributed by atoms with Crippen molar-refractivity contribution in [1.82, 2.24) is 10.3 Å². The van der Waals surface area contributed by atoms with E-state index in [0.29, 0.717) is 5.01 Å². The van der Waals surface area contributed by atoms with Crippen molar-refractivity contribution in [2.24, 2.45) is 5.73 Å². The van der Waals surface area contributed by atoms with Crippen LogP contribution in [0, 0.1) is 0 Å². The predicted octanol–water partition coefficient (Wildman–Crippen LogP) is -0.358. The highest BCUT2D eigenvalue weighted by molar-refractivity contribution is 7.94. The molecule has 2 rings (SSSR count). The van der Waals surface area contributed by atoms with Gasteiger partial charge < -0.3 is 11.1 Å².